The van der Waals surface area contributed by atoms with Crippen molar-refractivity contribution in [2.45, 2.75) is 20.3 Å². The quantitative estimate of drug-likeness (QED) is 0.645. The van der Waals surface area contributed by atoms with Crippen LogP contribution >= 0.6 is 15.9 Å². The molecule has 110 valence electrons. The van der Waals surface area contributed by atoms with Gasteiger partial charge in [-0.3, -0.25) is 4.79 Å². The Bertz CT molecular complexity index is 668. The molecule has 3 nitrogen and oxygen atoms in total. The van der Waals surface area contributed by atoms with Crippen molar-refractivity contribution in [1.29, 1.82) is 0 Å². The molecule has 0 aliphatic heterocycles. The molecule has 0 aliphatic rings. The van der Waals surface area contributed by atoms with Gasteiger partial charge in [-0.1, -0.05) is 13.0 Å². The summed E-state index contributed by atoms with van der Waals surface area (Å²) in [5, 5.41) is 0. The number of hydrogen-bond donors (Lipinski definition) is 1. The maximum atomic E-state index is 12.6. The lowest BCUT2D eigenvalue weighted by molar-refractivity contribution is 0.103. The van der Waals surface area contributed by atoms with Crippen molar-refractivity contribution >= 4 is 27.4 Å². The Labute approximate surface area is 133 Å². The molecule has 2 rings (SSSR count). The molecule has 21 heavy (non-hydrogen) atoms. The van der Waals surface area contributed by atoms with Crippen LogP contribution in [0.4, 0.5) is 5.69 Å². The number of aryl methyl sites for hydroxylation is 1. The first kappa shape index (κ1) is 15.6. The van der Waals surface area contributed by atoms with E-state index in [1.807, 2.05) is 26.0 Å². The molecule has 0 saturated carbocycles. The van der Waals surface area contributed by atoms with E-state index in [9.17, 15) is 4.79 Å². The Morgan fingerprint density at radius 1 is 1.24 bits per heavy atom. The molecule has 0 atom stereocenters. The van der Waals surface area contributed by atoms with Crippen molar-refractivity contribution in [2.24, 2.45) is 0 Å². The number of rotatable bonds is 5. The monoisotopic (exact) mass is 347 g/mol. The SMILES string of the molecule is CCCOc1ccc(C(=O)c2cc(N)ccc2C)cc1Br. The molecule has 4 heteroatoms. The molecule has 0 aliphatic carbocycles. The van der Waals surface area contributed by atoms with Crippen molar-refractivity contribution in [2.75, 3.05) is 12.3 Å². The van der Waals surface area contributed by atoms with Crippen LogP contribution in [0.15, 0.2) is 40.9 Å². The summed E-state index contributed by atoms with van der Waals surface area (Å²) >= 11 is 3.45. The first-order chi connectivity index (χ1) is 10.0. The van der Waals surface area contributed by atoms with Crippen molar-refractivity contribution in [3.05, 3.63) is 57.6 Å². The molecule has 0 radical (unpaired) electrons. The van der Waals surface area contributed by atoms with Crippen molar-refractivity contribution < 1.29 is 9.53 Å². The zero-order valence-corrected chi connectivity index (χ0v) is 13.7. The second-order valence-corrected chi connectivity index (χ2v) is 5.75. The van der Waals surface area contributed by atoms with Crippen LogP contribution in [0, 0.1) is 6.92 Å². The van der Waals surface area contributed by atoms with Gasteiger partial charge in [-0.2, -0.15) is 0 Å². The second kappa shape index (κ2) is 6.76. The summed E-state index contributed by atoms with van der Waals surface area (Å²) in [7, 11) is 0. The number of anilines is 1. The standard InChI is InChI=1S/C17H18BrNO2/c1-3-8-21-16-7-5-12(9-15(16)18)17(20)14-10-13(19)6-4-11(14)2/h4-7,9-10H,3,8,19H2,1-2H3. The van der Waals surface area contributed by atoms with E-state index < -0.39 is 0 Å². The van der Waals surface area contributed by atoms with E-state index in [0.717, 1.165) is 22.2 Å². The van der Waals surface area contributed by atoms with Gasteiger partial charge in [0, 0.05) is 16.8 Å². The van der Waals surface area contributed by atoms with Gasteiger partial charge in [0.2, 0.25) is 0 Å². The topological polar surface area (TPSA) is 52.3 Å². The maximum Gasteiger partial charge on any atom is 0.193 e. The predicted octanol–water partition coefficient (Wildman–Crippen LogP) is 4.36. The molecule has 0 fully saturated rings. The Morgan fingerprint density at radius 2 is 2.00 bits per heavy atom. The minimum absolute atomic E-state index is 0.0393. The van der Waals surface area contributed by atoms with E-state index in [0.29, 0.717) is 23.4 Å². The lowest BCUT2D eigenvalue weighted by Crippen LogP contribution is -2.05. The molecule has 0 unspecified atom stereocenters. The van der Waals surface area contributed by atoms with Gasteiger partial charge in [-0.25, -0.2) is 0 Å². The number of benzene rings is 2. The third kappa shape index (κ3) is 3.64. The number of halogens is 1. The fraction of sp³-hybridized carbons (Fsp3) is 0.235. The first-order valence-corrected chi connectivity index (χ1v) is 7.65. The van der Waals surface area contributed by atoms with Crippen LogP contribution in [0.2, 0.25) is 0 Å². The molecule has 0 bridgehead atoms. The molecule has 2 N–H and O–H groups in total. The van der Waals surface area contributed by atoms with Crippen LogP contribution in [0.25, 0.3) is 0 Å². The summed E-state index contributed by atoms with van der Waals surface area (Å²) in [4.78, 5) is 12.6. The van der Waals surface area contributed by atoms with Crippen LogP contribution in [0.5, 0.6) is 5.75 Å². The lowest BCUT2D eigenvalue weighted by Gasteiger charge is -2.10. The Kier molecular flexibility index (Phi) is 5.02. The Morgan fingerprint density at radius 3 is 2.67 bits per heavy atom. The molecule has 0 spiro atoms. The summed E-state index contributed by atoms with van der Waals surface area (Å²) in [5.74, 6) is 0.709. The fourth-order valence-corrected chi connectivity index (χ4v) is 2.50. The fourth-order valence-electron chi connectivity index (χ4n) is 2.01. The molecular weight excluding hydrogens is 330 g/mol. The van der Waals surface area contributed by atoms with Crippen LogP contribution < -0.4 is 10.5 Å². The van der Waals surface area contributed by atoms with Gasteiger partial charge in [0.05, 0.1) is 11.1 Å². The number of nitrogens with two attached hydrogens (primary N) is 1. The minimum Gasteiger partial charge on any atom is -0.492 e. The molecule has 0 aromatic heterocycles. The largest absolute Gasteiger partial charge is 0.492 e. The van der Waals surface area contributed by atoms with Crippen molar-refractivity contribution in [3.8, 4) is 5.75 Å². The van der Waals surface area contributed by atoms with E-state index in [2.05, 4.69) is 15.9 Å². The average molecular weight is 348 g/mol. The predicted molar refractivity (Wildman–Crippen MR) is 89.0 cm³/mol. The summed E-state index contributed by atoms with van der Waals surface area (Å²) in [6.45, 7) is 4.61. The zero-order chi connectivity index (χ0) is 15.4. The van der Waals surface area contributed by atoms with Crippen molar-refractivity contribution in [3.63, 3.8) is 0 Å². The molecule has 0 saturated heterocycles. The summed E-state index contributed by atoms with van der Waals surface area (Å²) in [6, 6.07) is 10.7. The van der Waals surface area contributed by atoms with E-state index in [1.165, 1.54) is 0 Å². The number of carbonyl (C=O) groups excluding carboxylic acids is 1. The average Bonchev–Trinajstić information content (AvgIpc) is 2.47. The molecule has 0 heterocycles. The van der Waals surface area contributed by atoms with Gasteiger partial charge < -0.3 is 10.5 Å². The van der Waals surface area contributed by atoms with Crippen LogP contribution in [0.3, 0.4) is 0 Å². The highest BCUT2D eigenvalue weighted by Gasteiger charge is 2.14. The van der Waals surface area contributed by atoms with Gasteiger partial charge >= 0.3 is 0 Å². The highest BCUT2D eigenvalue weighted by molar-refractivity contribution is 9.10. The molecule has 2 aromatic carbocycles. The smallest absolute Gasteiger partial charge is 0.193 e. The van der Waals surface area contributed by atoms with Gasteiger partial charge in [0.25, 0.3) is 0 Å². The van der Waals surface area contributed by atoms with Gasteiger partial charge in [0.15, 0.2) is 5.78 Å². The van der Waals surface area contributed by atoms with Gasteiger partial charge in [-0.15, -0.1) is 0 Å². The second-order valence-electron chi connectivity index (χ2n) is 4.90. The summed E-state index contributed by atoms with van der Waals surface area (Å²) < 4.78 is 6.37. The van der Waals surface area contributed by atoms with E-state index in [-0.39, 0.29) is 5.78 Å². The first-order valence-electron chi connectivity index (χ1n) is 6.86. The summed E-state index contributed by atoms with van der Waals surface area (Å²) in [6.07, 6.45) is 0.940. The highest BCUT2D eigenvalue weighted by Crippen LogP contribution is 2.28. The maximum absolute atomic E-state index is 12.6. The minimum atomic E-state index is -0.0393. The van der Waals surface area contributed by atoms with Gasteiger partial charge in [0.1, 0.15) is 5.75 Å². The van der Waals surface area contributed by atoms with Crippen LogP contribution in [0.1, 0.15) is 34.8 Å². The number of nitrogen functional groups attached to an aromatic ring is 1. The molecule has 0 amide bonds. The van der Waals surface area contributed by atoms with Gasteiger partial charge in [-0.05, 0) is 65.2 Å². The summed E-state index contributed by atoms with van der Waals surface area (Å²) in [5.41, 5.74) is 8.51. The van der Waals surface area contributed by atoms with Crippen molar-refractivity contribution in [1.82, 2.24) is 0 Å². The van der Waals surface area contributed by atoms with E-state index >= 15 is 0 Å². The third-order valence-corrected chi connectivity index (χ3v) is 3.78. The zero-order valence-electron chi connectivity index (χ0n) is 12.2. The Hall–Kier alpha value is -1.81. The highest BCUT2D eigenvalue weighted by atomic mass is 79.9. The lowest BCUT2D eigenvalue weighted by atomic mass is 9.98. The number of hydrogen-bond acceptors (Lipinski definition) is 3. The van der Waals surface area contributed by atoms with E-state index in [1.54, 1.807) is 24.3 Å². The van der Waals surface area contributed by atoms with Crippen LogP contribution in [-0.4, -0.2) is 12.4 Å². The molecular formula is C17H18BrNO2. The number of ether oxygens (including phenoxy) is 1. The van der Waals surface area contributed by atoms with Crippen LogP contribution in [-0.2, 0) is 0 Å². The molecule has 2 aromatic rings. The third-order valence-electron chi connectivity index (χ3n) is 3.16. The number of carbonyl (C=O) groups is 1. The van der Waals surface area contributed by atoms with E-state index in [4.69, 9.17) is 10.5 Å². The normalized spacial score (nSPS) is 10.4. The number of ketones is 1. The Balaban J connectivity index is 2.31.